The van der Waals surface area contributed by atoms with Crippen molar-refractivity contribution in [3.8, 4) is 5.75 Å². The molecule has 3 N–H and O–H groups in total. The van der Waals surface area contributed by atoms with Crippen LogP contribution >= 0.6 is 0 Å². The lowest BCUT2D eigenvalue weighted by Crippen LogP contribution is -2.28. The van der Waals surface area contributed by atoms with E-state index in [-0.39, 0.29) is 30.6 Å². The molecule has 2 aromatic rings. The average Bonchev–Trinajstić information content (AvgIpc) is 3.32. The number of amides is 1. The van der Waals surface area contributed by atoms with Gasteiger partial charge >= 0.3 is 0 Å². The molecule has 1 aromatic heterocycles. The quantitative estimate of drug-likeness (QED) is 0.398. The number of anilines is 1. The van der Waals surface area contributed by atoms with E-state index >= 15 is 0 Å². The first-order chi connectivity index (χ1) is 16.9. The van der Waals surface area contributed by atoms with Crippen molar-refractivity contribution < 1.29 is 24.3 Å². The molecule has 1 aromatic carbocycles. The Morgan fingerprint density at radius 2 is 2.09 bits per heavy atom. The number of benzene rings is 1. The number of rotatable bonds is 11. The van der Waals surface area contributed by atoms with Gasteiger partial charge in [-0.3, -0.25) is 10.1 Å². The molecule has 2 aliphatic rings. The predicted octanol–water partition coefficient (Wildman–Crippen LogP) is 4.74. The molecule has 5 atom stereocenters. The summed E-state index contributed by atoms with van der Waals surface area (Å²) in [6.07, 6.45) is 7.87. The zero-order valence-electron chi connectivity index (χ0n) is 21.3. The second-order valence-electron chi connectivity index (χ2n) is 10.5. The van der Waals surface area contributed by atoms with E-state index in [1.165, 1.54) is 5.56 Å². The van der Waals surface area contributed by atoms with E-state index in [1.807, 2.05) is 26.0 Å². The van der Waals surface area contributed by atoms with Gasteiger partial charge in [-0.2, -0.15) is 0 Å². The molecule has 4 rings (SSSR count). The number of aliphatic hydroxyl groups excluding tert-OH is 2. The Balaban J connectivity index is 1.35. The van der Waals surface area contributed by atoms with Gasteiger partial charge in [0.05, 0.1) is 17.9 Å². The Kier molecular flexibility index (Phi) is 8.50. The Bertz CT molecular complexity index is 1000. The van der Waals surface area contributed by atoms with Crippen LogP contribution in [0.1, 0.15) is 74.3 Å². The molecular formula is C28H40N2O5. The number of hydrogen-bond acceptors (Lipinski definition) is 6. The van der Waals surface area contributed by atoms with Gasteiger partial charge in [0.25, 0.3) is 5.91 Å². The standard InChI is InChI=1S/C28H40N2O5/c1-4-5-6-9-21(31)11-12-22-23-13-19-8-7-10-26(24(19)14-20(23)15-25(22)32)34-16-27(33)29-28-17(2)18(3)30-35-28/h7-8,10,20-23,25,31-32H,4-6,9,11-16H2,1-3H3,(H,29,33)/t20-,21-,22+,23?,25+/m0/s1. The lowest BCUT2D eigenvalue weighted by atomic mass is 9.73. The molecule has 1 amide bonds. The van der Waals surface area contributed by atoms with Crippen LogP contribution < -0.4 is 10.1 Å². The molecule has 0 bridgehead atoms. The number of carbonyl (C=O) groups is 1. The topological polar surface area (TPSA) is 105 Å². The Labute approximate surface area is 208 Å². The molecule has 0 radical (unpaired) electrons. The average molecular weight is 485 g/mol. The number of fused-ring (bicyclic) bond motifs is 2. The molecule has 1 fully saturated rings. The second-order valence-corrected chi connectivity index (χ2v) is 10.5. The summed E-state index contributed by atoms with van der Waals surface area (Å²) in [5.74, 6) is 1.87. The molecular weight excluding hydrogens is 444 g/mol. The number of aliphatic hydroxyl groups is 2. The zero-order chi connectivity index (χ0) is 24.9. The van der Waals surface area contributed by atoms with Crippen LogP contribution in [0.25, 0.3) is 0 Å². The lowest BCUT2D eigenvalue weighted by molar-refractivity contribution is -0.118. The normalized spacial score (nSPS) is 24.0. The monoisotopic (exact) mass is 484 g/mol. The van der Waals surface area contributed by atoms with Gasteiger partial charge < -0.3 is 19.5 Å². The summed E-state index contributed by atoms with van der Waals surface area (Å²) in [6, 6.07) is 6.04. The van der Waals surface area contributed by atoms with Crippen LogP contribution in [-0.2, 0) is 17.6 Å². The van der Waals surface area contributed by atoms with Crippen molar-refractivity contribution in [3.63, 3.8) is 0 Å². The number of unbranched alkanes of at least 4 members (excludes halogenated alkanes) is 2. The Morgan fingerprint density at radius 1 is 1.26 bits per heavy atom. The Morgan fingerprint density at radius 3 is 2.83 bits per heavy atom. The lowest BCUT2D eigenvalue weighted by Gasteiger charge is -2.32. The maximum Gasteiger partial charge on any atom is 0.264 e. The zero-order valence-corrected chi connectivity index (χ0v) is 21.3. The third-order valence-corrected chi connectivity index (χ3v) is 8.09. The number of nitrogens with one attached hydrogen (secondary N) is 1. The van der Waals surface area contributed by atoms with Crippen LogP contribution in [0.2, 0.25) is 0 Å². The van der Waals surface area contributed by atoms with Crippen LogP contribution in [0.3, 0.4) is 0 Å². The summed E-state index contributed by atoms with van der Waals surface area (Å²) >= 11 is 0. The number of nitrogens with zero attached hydrogens (tertiary/aromatic N) is 1. The van der Waals surface area contributed by atoms with Crippen molar-refractivity contribution >= 4 is 11.8 Å². The molecule has 7 heteroatoms. The van der Waals surface area contributed by atoms with Gasteiger partial charge in [0.1, 0.15) is 5.75 Å². The molecule has 1 saturated carbocycles. The fourth-order valence-corrected chi connectivity index (χ4v) is 5.94. The number of hydrogen-bond donors (Lipinski definition) is 3. The van der Waals surface area contributed by atoms with Gasteiger partial charge in [-0.05, 0) is 87.3 Å². The van der Waals surface area contributed by atoms with Crippen molar-refractivity contribution in [2.24, 2.45) is 17.8 Å². The number of carbonyl (C=O) groups excluding carboxylic acids is 1. The van der Waals surface area contributed by atoms with E-state index in [0.29, 0.717) is 17.7 Å². The van der Waals surface area contributed by atoms with E-state index in [2.05, 4.69) is 23.5 Å². The first kappa shape index (κ1) is 25.7. The summed E-state index contributed by atoms with van der Waals surface area (Å²) in [4.78, 5) is 12.4. The summed E-state index contributed by atoms with van der Waals surface area (Å²) in [6.45, 7) is 5.75. The third-order valence-electron chi connectivity index (χ3n) is 8.09. The fraction of sp³-hybridized carbons (Fsp3) is 0.643. The molecule has 7 nitrogen and oxygen atoms in total. The van der Waals surface area contributed by atoms with Gasteiger partial charge in [-0.25, -0.2) is 0 Å². The summed E-state index contributed by atoms with van der Waals surface area (Å²) < 4.78 is 11.1. The van der Waals surface area contributed by atoms with Crippen LogP contribution in [0.5, 0.6) is 5.75 Å². The van der Waals surface area contributed by atoms with Crippen molar-refractivity contribution in [2.75, 3.05) is 11.9 Å². The molecule has 1 heterocycles. The van der Waals surface area contributed by atoms with Crippen LogP contribution in [0, 0.1) is 31.6 Å². The SMILES string of the molecule is CCCCC[C@H](O)CC[C@@H]1C2Cc3cccc(OCC(=O)Nc4onc(C)c4C)c3C[C@H]2C[C@H]1O. The van der Waals surface area contributed by atoms with Crippen molar-refractivity contribution in [1.29, 1.82) is 0 Å². The number of aromatic nitrogens is 1. The smallest absolute Gasteiger partial charge is 0.264 e. The van der Waals surface area contributed by atoms with E-state index in [4.69, 9.17) is 9.26 Å². The Hall–Kier alpha value is -2.38. The van der Waals surface area contributed by atoms with Crippen molar-refractivity contribution in [3.05, 3.63) is 40.6 Å². The number of aryl methyl sites for hydroxylation is 1. The molecule has 0 saturated heterocycles. The minimum atomic E-state index is -0.314. The highest BCUT2D eigenvalue weighted by Crippen LogP contribution is 2.48. The van der Waals surface area contributed by atoms with Crippen LogP contribution in [0.15, 0.2) is 22.7 Å². The van der Waals surface area contributed by atoms with E-state index in [1.54, 1.807) is 0 Å². The summed E-state index contributed by atoms with van der Waals surface area (Å²) in [5, 5.41) is 27.8. The first-order valence-electron chi connectivity index (χ1n) is 13.2. The van der Waals surface area contributed by atoms with Crippen molar-refractivity contribution in [1.82, 2.24) is 5.16 Å². The van der Waals surface area contributed by atoms with Crippen molar-refractivity contribution in [2.45, 2.75) is 90.8 Å². The maximum absolute atomic E-state index is 12.4. The molecule has 1 unspecified atom stereocenters. The molecule has 0 spiro atoms. The van der Waals surface area contributed by atoms with Gasteiger partial charge in [0, 0.05) is 5.56 Å². The fourth-order valence-electron chi connectivity index (χ4n) is 5.94. The molecule has 2 aliphatic carbocycles. The van der Waals surface area contributed by atoms with Gasteiger partial charge in [-0.15, -0.1) is 0 Å². The third kappa shape index (κ3) is 6.07. The highest BCUT2D eigenvalue weighted by molar-refractivity contribution is 5.91. The second kappa shape index (κ2) is 11.6. The van der Waals surface area contributed by atoms with Gasteiger partial charge in [0.15, 0.2) is 6.61 Å². The van der Waals surface area contributed by atoms with E-state index in [9.17, 15) is 15.0 Å². The summed E-state index contributed by atoms with van der Waals surface area (Å²) in [5.41, 5.74) is 3.95. The van der Waals surface area contributed by atoms with Crippen LogP contribution in [0.4, 0.5) is 5.88 Å². The predicted molar refractivity (Wildman–Crippen MR) is 134 cm³/mol. The van der Waals surface area contributed by atoms with Gasteiger partial charge in [-0.1, -0.05) is 43.5 Å². The number of ether oxygens (including phenoxy) is 1. The minimum Gasteiger partial charge on any atom is -0.483 e. The van der Waals surface area contributed by atoms with E-state index in [0.717, 1.165) is 80.4 Å². The maximum atomic E-state index is 12.4. The highest BCUT2D eigenvalue weighted by Gasteiger charge is 2.44. The molecule has 35 heavy (non-hydrogen) atoms. The van der Waals surface area contributed by atoms with Gasteiger partial charge in [0.2, 0.25) is 5.88 Å². The largest absolute Gasteiger partial charge is 0.483 e. The minimum absolute atomic E-state index is 0.106. The molecule has 0 aliphatic heterocycles. The first-order valence-corrected chi connectivity index (χ1v) is 13.2. The summed E-state index contributed by atoms with van der Waals surface area (Å²) in [7, 11) is 0. The highest BCUT2D eigenvalue weighted by atomic mass is 16.5. The van der Waals surface area contributed by atoms with E-state index < -0.39 is 0 Å². The molecule has 192 valence electrons. The van der Waals surface area contributed by atoms with Crippen LogP contribution in [-0.4, -0.2) is 40.1 Å².